The van der Waals surface area contributed by atoms with Gasteiger partial charge in [0, 0.05) is 50.6 Å². The van der Waals surface area contributed by atoms with E-state index in [1.54, 1.807) is 0 Å². The van der Waals surface area contributed by atoms with Crippen molar-refractivity contribution in [1.29, 1.82) is 0 Å². The molecular weight excluding hydrogens is 595 g/mol. The van der Waals surface area contributed by atoms with E-state index in [1.807, 2.05) is 0 Å². The highest BCUT2D eigenvalue weighted by Crippen LogP contribution is 2.43. The van der Waals surface area contributed by atoms with Gasteiger partial charge >= 0.3 is 0 Å². The maximum atomic E-state index is 2.39. The lowest BCUT2D eigenvalue weighted by Crippen LogP contribution is -2.13. The van der Waals surface area contributed by atoms with Gasteiger partial charge in [-0.2, -0.15) is 0 Å². The Balaban J connectivity index is 1.34. The summed E-state index contributed by atoms with van der Waals surface area (Å²) in [6.45, 7) is 6.86. The molecule has 3 nitrogen and oxygen atoms in total. The maximum Gasteiger partial charge on any atom is 0.0542 e. The first-order chi connectivity index (χ1) is 24.0. The highest BCUT2D eigenvalue weighted by Gasteiger charge is 2.21. The molecule has 0 fully saturated rings. The van der Waals surface area contributed by atoms with E-state index in [-0.39, 0.29) is 5.41 Å². The maximum absolute atomic E-state index is 2.39. The van der Waals surface area contributed by atoms with Crippen LogP contribution in [0, 0.1) is 0 Å². The first-order valence-corrected chi connectivity index (χ1v) is 17.0. The van der Waals surface area contributed by atoms with Gasteiger partial charge in [-0.3, -0.25) is 0 Å². The molecular formula is C46H39N3. The average Bonchev–Trinajstić information content (AvgIpc) is 3.47. The highest BCUT2D eigenvalue weighted by molar-refractivity contribution is 6.11. The second-order valence-corrected chi connectivity index (χ2v) is 13.6. The topological polar surface area (TPSA) is 11.4 Å². The summed E-state index contributed by atoms with van der Waals surface area (Å²) in [5.74, 6) is 0. The Bertz CT molecular complexity index is 2310. The highest BCUT2D eigenvalue weighted by atomic mass is 15.2. The van der Waals surface area contributed by atoms with Gasteiger partial charge in [-0.15, -0.1) is 0 Å². The van der Waals surface area contributed by atoms with Gasteiger partial charge in [0.15, 0.2) is 0 Å². The first kappa shape index (κ1) is 30.3. The minimum atomic E-state index is 0.0346. The van der Waals surface area contributed by atoms with Gasteiger partial charge < -0.3 is 14.4 Å². The van der Waals surface area contributed by atoms with Crippen molar-refractivity contribution >= 4 is 55.9 Å². The van der Waals surface area contributed by atoms with Crippen LogP contribution >= 0.6 is 0 Å². The van der Waals surface area contributed by atoms with Crippen molar-refractivity contribution in [3.05, 3.63) is 188 Å². The Morgan fingerprint density at radius 3 is 1.29 bits per heavy atom. The third-order valence-corrected chi connectivity index (χ3v) is 9.28. The number of hydrogen-bond acceptors (Lipinski definition) is 2. The fourth-order valence-corrected chi connectivity index (χ4v) is 6.87. The molecule has 0 unspecified atom stereocenters. The summed E-state index contributed by atoms with van der Waals surface area (Å²) < 4.78 is 2.39. The summed E-state index contributed by atoms with van der Waals surface area (Å²) in [5.41, 5.74) is 11.5. The smallest absolute Gasteiger partial charge is 0.0542 e. The van der Waals surface area contributed by atoms with E-state index in [9.17, 15) is 0 Å². The SMILES string of the molecule is CC(C)(C)c1ccc2c(c1)c1cc(N(c3ccccc3)c3cccc(N(c4ccccc4)c4ccccc4)c3)ccc1n2-c1ccccc1. The van der Waals surface area contributed by atoms with E-state index < -0.39 is 0 Å². The normalized spacial score (nSPS) is 11.6. The summed E-state index contributed by atoms with van der Waals surface area (Å²) in [6.07, 6.45) is 0. The molecule has 0 aliphatic heterocycles. The third-order valence-electron chi connectivity index (χ3n) is 9.28. The number of nitrogens with zero attached hydrogens (tertiary/aromatic N) is 3. The van der Waals surface area contributed by atoms with Crippen molar-refractivity contribution in [2.75, 3.05) is 9.80 Å². The van der Waals surface area contributed by atoms with Crippen molar-refractivity contribution in [3.63, 3.8) is 0 Å². The molecule has 1 aromatic heterocycles. The van der Waals surface area contributed by atoms with Crippen LogP contribution in [0.15, 0.2) is 182 Å². The van der Waals surface area contributed by atoms with Gasteiger partial charge in [0.2, 0.25) is 0 Å². The molecule has 0 radical (unpaired) electrons. The lowest BCUT2D eigenvalue weighted by atomic mass is 9.86. The summed E-state index contributed by atoms with van der Waals surface area (Å²) in [7, 11) is 0. The van der Waals surface area contributed by atoms with Crippen LogP contribution in [0.4, 0.5) is 34.1 Å². The summed E-state index contributed by atoms with van der Waals surface area (Å²) in [4.78, 5) is 4.69. The van der Waals surface area contributed by atoms with Crippen LogP contribution in [0.25, 0.3) is 27.5 Å². The third kappa shape index (κ3) is 5.74. The van der Waals surface area contributed by atoms with E-state index in [0.717, 1.165) is 39.8 Å². The predicted octanol–water partition coefficient (Wildman–Crippen LogP) is 13.0. The van der Waals surface area contributed by atoms with E-state index >= 15 is 0 Å². The number of para-hydroxylation sites is 4. The molecule has 238 valence electrons. The van der Waals surface area contributed by atoms with Crippen LogP contribution < -0.4 is 9.80 Å². The molecule has 0 spiro atoms. The van der Waals surface area contributed by atoms with Crippen LogP contribution in [-0.4, -0.2) is 4.57 Å². The predicted molar refractivity (Wildman–Crippen MR) is 209 cm³/mol. The fraction of sp³-hybridized carbons (Fsp3) is 0.0870. The standard InChI is InChI=1S/C46H39N3/c1-46(2,3)34-27-29-44-42(31-34)43-33-41(28-30-45(43)49(44)38-23-14-7-15-24-38)48(37-21-12-6-13-22-37)40-26-16-25-39(32-40)47(35-17-8-4-9-18-35)36-19-10-5-11-20-36/h4-33H,1-3H3. The molecule has 0 N–H and O–H groups in total. The van der Waals surface area contributed by atoms with Crippen molar-refractivity contribution in [3.8, 4) is 5.69 Å². The second-order valence-electron chi connectivity index (χ2n) is 13.6. The molecule has 0 saturated heterocycles. The zero-order valence-electron chi connectivity index (χ0n) is 28.2. The van der Waals surface area contributed by atoms with Crippen LogP contribution in [0.2, 0.25) is 0 Å². The Hall–Kier alpha value is -6.06. The van der Waals surface area contributed by atoms with Gasteiger partial charge in [-0.05, 0) is 108 Å². The fourth-order valence-electron chi connectivity index (χ4n) is 6.87. The Kier molecular flexibility index (Phi) is 7.74. The van der Waals surface area contributed by atoms with Crippen LogP contribution in [-0.2, 0) is 5.41 Å². The zero-order chi connectivity index (χ0) is 33.4. The number of anilines is 6. The van der Waals surface area contributed by atoms with Crippen molar-refractivity contribution in [2.45, 2.75) is 26.2 Å². The Labute approximate surface area is 288 Å². The van der Waals surface area contributed by atoms with Gasteiger partial charge in [0.25, 0.3) is 0 Å². The minimum absolute atomic E-state index is 0.0346. The monoisotopic (exact) mass is 633 g/mol. The first-order valence-electron chi connectivity index (χ1n) is 17.0. The molecule has 1 heterocycles. The van der Waals surface area contributed by atoms with Crippen molar-refractivity contribution in [2.24, 2.45) is 0 Å². The number of aromatic nitrogens is 1. The van der Waals surface area contributed by atoms with Gasteiger partial charge in [-0.25, -0.2) is 0 Å². The molecule has 49 heavy (non-hydrogen) atoms. The molecule has 0 saturated carbocycles. The number of rotatable bonds is 7. The van der Waals surface area contributed by atoms with E-state index in [1.165, 1.54) is 27.4 Å². The molecule has 8 rings (SSSR count). The lowest BCUT2D eigenvalue weighted by Gasteiger charge is -2.29. The molecule has 7 aromatic carbocycles. The summed E-state index contributed by atoms with van der Waals surface area (Å²) in [6, 6.07) is 65.3. The Morgan fingerprint density at radius 1 is 0.367 bits per heavy atom. The largest absolute Gasteiger partial charge is 0.310 e. The number of benzene rings is 7. The van der Waals surface area contributed by atoms with E-state index in [4.69, 9.17) is 0 Å². The van der Waals surface area contributed by atoms with E-state index in [2.05, 4.69) is 217 Å². The molecule has 0 amide bonds. The molecule has 0 atom stereocenters. The van der Waals surface area contributed by atoms with Gasteiger partial charge in [0.05, 0.1) is 11.0 Å². The van der Waals surface area contributed by atoms with Crippen molar-refractivity contribution < 1.29 is 0 Å². The molecule has 0 aliphatic carbocycles. The summed E-state index contributed by atoms with van der Waals surface area (Å²) >= 11 is 0. The minimum Gasteiger partial charge on any atom is -0.310 e. The van der Waals surface area contributed by atoms with Crippen LogP contribution in [0.1, 0.15) is 26.3 Å². The lowest BCUT2D eigenvalue weighted by molar-refractivity contribution is 0.591. The summed E-state index contributed by atoms with van der Waals surface area (Å²) in [5, 5.41) is 2.49. The van der Waals surface area contributed by atoms with E-state index in [0.29, 0.717) is 0 Å². The number of fused-ring (bicyclic) bond motifs is 3. The van der Waals surface area contributed by atoms with Crippen LogP contribution in [0.3, 0.4) is 0 Å². The average molecular weight is 634 g/mol. The van der Waals surface area contributed by atoms with Gasteiger partial charge in [0.1, 0.15) is 0 Å². The van der Waals surface area contributed by atoms with Gasteiger partial charge in [-0.1, -0.05) is 106 Å². The second kappa shape index (κ2) is 12.5. The zero-order valence-corrected chi connectivity index (χ0v) is 28.2. The van der Waals surface area contributed by atoms with Crippen LogP contribution in [0.5, 0.6) is 0 Å². The molecule has 8 aromatic rings. The quantitative estimate of drug-likeness (QED) is 0.173. The number of hydrogen-bond donors (Lipinski definition) is 0. The van der Waals surface area contributed by atoms with Crippen molar-refractivity contribution in [1.82, 2.24) is 4.57 Å². The molecule has 3 heteroatoms. The Morgan fingerprint density at radius 2 is 0.776 bits per heavy atom. The molecule has 0 bridgehead atoms. The molecule has 0 aliphatic rings.